The fourth-order valence-corrected chi connectivity index (χ4v) is 3.97. The van der Waals surface area contributed by atoms with Gasteiger partial charge in [-0.2, -0.15) is 0 Å². The van der Waals surface area contributed by atoms with Gasteiger partial charge in [-0.15, -0.1) is 23.1 Å². The smallest absolute Gasteiger partial charge is 0.233 e. The number of nitrogens with one attached hydrogen (secondary N) is 1. The monoisotopic (exact) mass is 388 g/mol. The molecule has 0 aliphatic rings. The molecular weight excluding hydrogens is 372 g/mol. The van der Waals surface area contributed by atoms with Crippen LogP contribution in [0.25, 0.3) is 11.3 Å². The molecule has 0 fully saturated rings. The van der Waals surface area contributed by atoms with E-state index < -0.39 is 0 Å². The van der Waals surface area contributed by atoms with E-state index in [2.05, 4.69) is 10.3 Å². The van der Waals surface area contributed by atoms with Crippen LogP contribution in [-0.4, -0.2) is 16.1 Å². The Kier molecular flexibility index (Phi) is 6.13. The molecule has 3 aromatic rings. The molecule has 1 aromatic heterocycles. The average molecular weight is 389 g/mol. The quantitative estimate of drug-likeness (QED) is 0.585. The minimum atomic E-state index is -0.185. The first-order valence-electron chi connectivity index (χ1n) is 7.81. The van der Waals surface area contributed by atoms with Gasteiger partial charge in [0.2, 0.25) is 5.91 Å². The third kappa shape index (κ3) is 5.08. The third-order valence-corrected chi connectivity index (χ3v) is 5.74. The maximum Gasteiger partial charge on any atom is 0.233 e. The number of hydrogen-bond acceptors (Lipinski definition) is 4. The van der Waals surface area contributed by atoms with Gasteiger partial charge in [-0.05, 0) is 31.2 Å². The number of thiazole rings is 1. The van der Waals surface area contributed by atoms with Gasteiger partial charge in [0.15, 0.2) is 0 Å². The normalized spacial score (nSPS) is 11.9. The third-order valence-electron chi connectivity index (χ3n) is 3.53. The number of rotatable bonds is 6. The summed E-state index contributed by atoms with van der Waals surface area (Å²) >= 11 is 8.95. The number of halogens is 1. The standard InChI is InChI=1S/C19H17ClN2OS2/c1-13(25-16-9-7-15(20)8-10-16)19(23)21-11-18-22-17(12-24-18)14-5-3-2-4-6-14/h2-10,12-13H,11H2,1H3,(H,21,23). The van der Waals surface area contributed by atoms with Crippen molar-refractivity contribution in [3.05, 3.63) is 70.0 Å². The summed E-state index contributed by atoms with van der Waals surface area (Å²) in [4.78, 5) is 17.9. The van der Waals surface area contributed by atoms with Crippen molar-refractivity contribution in [2.24, 2.45) is 0 Å². The molecule has 2 aromatic carbocycles. The second-order valence-electron chi connectivity index (χ2n) is 5.42. The second-order valence-corrected chi connectivity index (χ2v) is 8.22. The molecular formula is C19H17ClN2OS2. The highest BCUT2D eigenvalue weighted by molar-refractivity contribution is 8.00. The number of hydrogen-bond donors (Lipinski definition) is 1. The zero-order valence-electron chi connectivity index (χ0n) is 13.6. The molecule has 1 amide bonds. The average Bonchev–Trinajstić information content (AvgIpc) is 3.11. The molecule has 1 N–H and O–H groups in total. The van der Waals surface area contributed by atoms with Crippen LogP contribution in [0.5, 0.6) is 0 Å². The molecule has 0 radical (unpaired) electrons. The highest BCUT2D eigenvalue weighted by atomic mass is 35.5. The molecule has 0 spiro atoms. The van der Waals surface area contributed by atoms with E-state index in [0.717, 1.165) is 21.2 Å². The van der Waals surface area contributed by atoms with E-state index in [0.29, 0.717) is 11.6 Å². The van der Waals surface area contributed by atoms with Gasteiger partial charge in [0.1, 0.15) is 5.01 Å². The van der Waals surface area contributed by atoms with Crippen LogP contribution in [0.1, 0.15) is 11.9 Å². The van der Waals surface area contributed by atoms with E-state index in [9.17, 15) is 4.79 Å². The fourth-order valence-electron chi connectivity index (χ4n) is 2.21. The SMILES string of the molecule is CC(Sc1ccc(Cl)cc1)C(=O)NCc1nc(-c2ccccc2)cs1. The molecule has 0 saturated heterocycles. The van der Waals surface area contributed by atoms with E-state index >= 15 is 0 Å². The van der Waals surface area contributed by atoms with E-state index in [1.807, 2.05) is 66.9 Å². The molecule has 1 unspecified atom stereocenters. The number of carbonyl (C=O) groups is 1. The van der Waals surface area contributed by atoms with Crippen LogP contribution in [0.2, 0.25) is 5.02 Å². The number of thioether (sulfide) groups is 1. The van der Waals surface area contributed by atoms with Gasteiger partial charge in [0.05, 0.1) is 17.5 Å². The summed E-state index contributed by atoms with van der Waals surface area (Å²) in [7, 11) is 0. The summed E-state index contributed by atoms with van der Waals surface area (Å²) in [5.74, 6) is -0.00332. The van der Waals surface area contributed by atoms with E-state index in [1.165, 1.54) is 11.8 Å². The van der Waals surface area contributed by atoms with Gasteiger partial charge >= 0.3 is 0 Å². The minimum Gasteiger partial charge on any atom is -0.349 e. The van der Waals surface area contributed by atoms with Gasteiger partial charge in [-0.3, -0.25) is 4.79 Å². The fraction of sp³-hybridized carbons (Fsp3) is 0.158. The Morgan fingerprint density at radius 3 is 2.64 bits per heavy atom. The summed E-state index contributed by atoms with van der Waals surface area (Å²) in [6.07, 6.45) is 0. The van der Waals surface area contributed by atoms with E-state index in [-0.39, 0.29) is 11.2 Å². The van der Waals surface area contributed by atoms with Crippen LogP contribution in [-0.2, 0) is 11.3 Å². The zero-order valence-corrected chi connectivity index (χ0v) is 16.0. The highest BCUT2D eigenvalue weighted by Gasteiger charge is 2.15. The Morgan fingerprint density at radius 1 is 1.20 bits per heavy atom. The molecule has 128 valence electrons. The lowest BCUT2D eigenvalue weighted by atomic mass is 10.2. The summed E-state index contributed by atoms with van der Waals surface area (Å²) in [5, 5.41) is 6.38. The van der Waals surface area contributed by atoms with Crippen molar-refractivity contribution in [1.82, 2.24) is 10.3 Å². The topological polar surface area (TPSA) is 42.0 Å². The summed E-state index contributed by atoms with van der Waals surface area (Å²) in [6, 6.07) is 17.5. The van der Waals surface area contributed by atoms with Gasteiger partial charge < -0.3 is 5.32 Å². The zero-order chi connectivity index (χ0) is 17.6. The maximum atomic E-state index is 12.3. The van der Waals surface area contributed by atoms with Crippen LogP contribution in [0.15, 0.2) is 64.9 Å². The van der Waals surface area contributed by atoms with Crippen molar-refractivity contribution < 1.29 is 4.79 Å². The predicted molar refractivity (Wildman–Crippen MR) is 106 cm³/mol. The van der Waals surface area contributed by atoms with Crippen molar-refractivity contribution in [3.8, 4) is 11.3 Å². The molecule has 0 saturated carbocycles. The Labute approximate surface area is 160 Å². The number of aromatic nitrogens is 1. The molecule has 6 heteroatoms. The van der Waals surface area contributed by atoms with Gasteiger partial charge in [0, 0.05) is 20.9 Å². The summed E-state index contributed by atoms with van der Waals surface area (Å²) < 4.78 is 0. The Bertz CT molecular complexity index is 834. The summed E-state index contributed by atoms with van der Waals surface area (Å²) in [6.45, 7) is 2.34. The van der Waals surface area contributed by atoms with E-state index in [4.69, 9.17) is 11.6 Å². The molecule has 0 bridgehead atoms. The predicted octanol–water partition coefficient (Wildman–Crippen LogP) is 5.26. The van der Waals surface area contributed by atoms with Crippen LogP contribution < -0.4 is 5.32 Å². The second kappa shape index (κ2) is 8.52. The lowest BCUT2D eigenvalue weighted by Crippen LogP contribution is -2.30. The first kappa shape index (κ1) is 18.0. The number of benzene rings is 2. The van der Waals surface area contributed by atoms with Gasteiger partial charge in [0.25, 0.3) is 0 Å². The van der Waals surface area contributed by atoms with Crippen molar-refractivity contribution in [1.29, 1.82) is 0 Å². The Hall–Kier alpha value is -1.82. The Balaban J connectivity index is 1.53. The van der Waals surface area contributed by atoms with E-state index in [1.54, 1.807) is 11.3 Å². The van der Waals surface area contributed by atoms with Crippen LogP contribution in [0.3, 0.4) is 0 Å². The first-order valence-corrected chi connectivity index (χ1v) is 9.95. The molecule has 1 atom stereocenters. The number of amides is 1. The van der Waals surface area contributed by atoms with Gasteiger partial charge in [-0.25, -0.2) is 4.98 Å². The van der Waals surface area contributed by atoms with Crippen LogP contribution in [0.4, 0.5) is 0 Å². The first-order chi connectivity index (χ1) is 12.1. The van der Waals surface area contributed by atoms with Crippen molar-refractivity contribution >= 4 is 40.6 Å². The van der Waals surface area contributed by atoms with Crippen molar-refractivity contribution in [2.45, 2.75) is 23.6 Å². The van der Waals surface area contributed by atoms with Crippen LogP contribution in [0, 0.1) is 0 Å². The molecule has 1 heterocycles. The van der Waals surface area contributed by atoms with Crippen molar-refractivity contribution in [2.75, 3.05) is 0 Å². The lowest BCUT2D eigenvalue weighted by Gasteiger charge is -2.11. The van der Waals surface area contributed by atoms with Crippen LogP contribution >= 0.6 is 34.7 Å². The minimum absolute atomic E-state index is 0.00332. The number of nitrogens with zero attached hydrogens (tertiary/aromatic N) is 1. The lowest BCUT2D eigenvalue weighted by molar-refractivity contribution is -0.120. The molecule has 3 nitrogen and oxygen atoms in total. The Morgan fingerprint density at radius 2 is 1.92 bits per heavy atom. The molecule has 25 heavy (non-hydrogen) atoms. The summed E-state index contributed by atoms with van der Waals surface area (Å²) in [5.41, 5.74) is 2.03. The number of carbonyl (C=O) groups excluding carboxylic acids is 1. The van der Waals surface area contributed by atoms with Crippen molar-refractivity contribution in [3.63, 3.8) is 0 Å². The van der Waals surface area contributed by atoms with Gasteiger partial charge in [-0.1, -0.05) is 41.9 Å². The highest BCUT2D eigenvalue weighted by Crippen LogP contribution is 2.25. The molecule has 0 aliphatic carbocycles. The molecule has 3 rings (SSSR count). The molecule has 0 aliphatic heterocycles. The largest absolute Gasteiger partial charge is 0.349 e. The maximum absolute atomic E-state index is 12.3.